The number of rotatable bonds is 4. The Kier molecular flexibility index (Phi) is 4.61. The molecule has 1 N–H and O–H groups in total. The molecule has 134 valence electrons. The fourth-order valence-electron chi connectivity index (χ4n) is 3.49. The Balaban J connectivity index is 1.77. The Morgan fingerprint density at radius 3 is 2.72 bits per heavy atom. The van der Waals surface area contributed by atoms with Crippen LogP contribution in [0.15, 0.2) is 18.3 Å². The van der Waals surface area contributed by atoms with Crippen LogP contribution in [-0.4, -0.2) is 49.4 Å². The monoisotopic (exact) mass is 344 g/mol. The molecule has 1 saturated heterocycles. The molecule has 1 fully saturated rings. The molecule has 0 unspecified atom stereocenters. The lowest BCUT2D eigenvalue weighted by molar-refractivity contribution is -0.137. The summed E-state index contributed by atoms with van der Waals surface area (Å²) in [5.41, 5.74) is 2.75. The van der Waals surface area contributed by atoms with Gasteiger partial charge < -0.3 is 10.2 Å². The third-order valence-corrected chi connectivity index (χ3v) is 4.77. The first-order chi connectivity index (χ1) is 11.9. The summed E-state index contributed by atoms with van der Waals surface area (Å²) in [6, 6.07) is 3.46. The molecule has 2 atom stereocenters. The topological polar surface area (TPSA) is 85.0 Å². The molecule has 2 aromatic rings. The maximum atomic E-state index is 12.5. The van der Waals surface area contributed by atoms with Crippen LogP contribution in [0.5, 0.6) is 0 Å². The standard InChI is InChI=1S/C17H24N6O2/c1-11-9-12(2)23(20-11)10-15(24)19-13-5-6-16(25)21(3)17(13)14-7-8-18-22(14)4/h7-9,13,17H,5-6,10H2,1-4H3,(H,19,24)/t13-,17-/m1/s1. The molecule has 25 heavy (non-hydrogen) atoms. The van der Waals surface area contributed by atoms with Gasteiger partial charge in [-0.2, -0.15) is 10.2 Å². The SMILES string of the molecule is Cc1cc(C)n(CC(=O)N[C@@H]2CCC(=O)N(C)[C@H]2c2ccnn2C)n1. The van der Waals surface area contributed by atoms with E-state index in [9.17, 15) is 9.59 Å². The van der Waals surface area contributed by atoms with Crippen molar-refractivity contribution in [1.82, 2.24) is 29.8 Å². The number of nitrogens with zero attached hydrogens (tertiary/aromatic N) is 5. The minimum Gasteiger partial charge on any atom is -0.349 e. The van der Waals surface area contributed by atoms with E-state index in [0.717, 1.165) is 17.1 Å². The molecule has 0 aliphatic carbocycles. The van der Waals surface area contributed by atoms with Crippen LogP contribution >= 0.6 is 0 Å². The van der Waals surface area contributed by atoms with Gasteiger partial charge >= 0.3 is 0 Å². The van der Waals surface area contributed by atoms with Gasteiger partial charge in [0, 0.05) is 32.4 Å². The third-order valence-electron chi connectivity index (χ3n) is 4.77. The van der Waals surface area contributed by atoms with Crippen LogP contribution in [0.1, 0.15) is 36.0 Å². The predicted molar refractivity (Wildman–Crippen MR) is 91.6 cm³/mol. The zero-order valence-corrected chi connectivity index (χ0v) is 15.1. The van der Waals surface area contributed by atoms with E-state index in [-0.39, 0.29) is 30.4 Å². The molecule has 0 radical (unpaired) electrons. The van der Waals surface area contributed by atoms with Gasteiger partial charge in [-0.15, -0.1) is 0 Å². The lowest BCUT2D eigenvalue weighted by atomic mass is 9.93. The minimum atomic E-state index is -0.224. The lowest BCUT2D eigenvalue weighted by Crippen LogP contribution is -2.51. The van der Waals surface area contributed by atoms with Crippen molar-refractivity contribution in [3.05, 3.63) is 35.4 Å². The number of piperidine rings is 1. The van der Waals surface area contributed by atoms with E-state index in [4.69, 9.17) is 0 Å². The fourth-order valence-corrected chi connectivity index (χ4v) is 3.49. The average Bonchev–Trinajstić information content (AvgIpc) is 3.09. The summed E-state index contributed by atoms with van der Waals surface area (Å²) < 4.78 is 3.45. The molecular formula is C17H24N6O2. The molecule has 8 heteroatoms. The van der Waals surface area contributed by atoms with Gasteiger partial charge in [-0.3, -0.25) is 19.0 Å². The van der Waals surface area contributed by atoms with Crippen LogP contribution in [0, 0.1) is 13.8 Å². The number of hydrogen-bond acceptors (Lipinski definition) is 4. The van der Waals surface area contributed by atoms with E-state index < -0.39 is 0 Å². The first kappa shape index (κ1) is 17.2. The molecule has 0 bridgehead atoms. The molecule has 3 rings (SSSR count). The van der Waals surface area contributed by atoms with E-state index >= 15 is 0 Å². The molecule has 0 saturated carbocycles. The van der Waals surface area contributed by atoms with Gasteiger partial charge in [0.1, 0.15) is 6.54 Å². The van der Waals surface area contributed by atoms with Gasteiger partial charge in [0.05, 0.1) is 23.5 Å². The van der Waals surface area contributed by atoms with Crippen LogP contribution < -0.4 is 5.32 Å². The number of hydrogen-bond donors (Lipinski definition) is 1. The average molecular weight is 344 g/mol. The van der Waals surface area contributed by atoms with Crippen molar-refractivity contribution in [3.8, 4) is 0 Å². The Labute approximate surface area is 146 Å². The molecule has 3 heterocycles. The molecule has 2 amide bonds. The summed E-state index contributed by atoms with van der Waals surface area (Å²) in [5.74, 6) is -0.0265. The van der Waals surface area contributed by atoms with E-state index in [1.807, 2.05) is 33.0 Å². The molecule has 0 aromatic carbocycles. The third kappa shape index (κ3) is 3.42. The summed E-state index contributed by atoms with van der Waals surface area (Å²) in [7, 11) is 3.62. The van der Waals surface area contributed by atoms with E-state index in [2.05, 4.69) is 15.5 Å². The van der Waals surface area contributed by atoms with Crippen molar-refractivity contribution in [2.24, 2.45) is 7.05 Å². The highest BCUT2D eigenvalue weighted by atomic mass is 16.2. The van der Waals surface area contributed by atoms with Crippen molar-refractivity contribution >= 4 is 11.8 Å². The van der Waals surface area contributed by atoms with Gasteiger partial charge in [0.2, 0.25) is 11.8 Å². The number of likely N-dealkylation sites (tertiary alicyclic amines) is 1. The maximum Gasteiger partial charge on any atom is 0.242 e. The quantitative estimate of drug-likeness (QED) is 0.885. The van der Waals surface area contributed by atoms with Crippen molar-refractivity contribution in [2.45, 2.75) is 45.3 Å². The van der Waals surface area contributed by atoms with Crippen molar-refractivity contribution < 1.29 is 9.59 Å². The van der Waals surface area contributed by atoms with Crippen molar-refractivity contribution in [1.29, 1.82) is 0 Å². The van der Waals surface area contributed by atoms with Crippen molar-refractivity contribution in [2.75, 3.05) is 7.05 Å². The number of carbonyl (C=O) groups excluding carboxylic acids is 2. The Hall–Kier alpha value is -2.64. The first-order valence-electron chi connectivity index (χ1n) is 8.41. The number of aromatic nitrogens is 4. The zero-order valence-electron chi connectivity index (χ0n) is 15.1. The van der Waals surface area contributed by atoms with Crippen LogP contribution in [0.25, 0.3) is 0 Å². The number of nitrogens with one attached hydrogen (secondary N) is 1. The zero-order chi connectivity index (χ0) is 18.1. The predicted octanol–water partition coefficient (Wildman–Crippen LogP) is 0.712. The summed E-state index contributed by atoms with van der Waals surface area (Å²) in [5, 5.41) is 11.6. The Morgan fingerprint density at radius 2 is 2.12 bits per heavy atom. The largest absolute Gasteiger partial charge is 0.349 e. The maximum absolute atomic E-state index is 12.5. The van der Waals surface area contributed by atoms with E-state index in [1.165, 1.54) is 0 Å². The second-order valence-electron chi connectivity index (χ2n) is 6.63. The van der Waals surface area contributed by atoms with Gasteiger partial charge in [-0.25, -0.2) is 0 Å². The summed E-state index contributed by atoms with van der Waals surface area (Å²) in [4.78, 5) is 26.4. The smallest absolute Gasteiger partial charge is 0.242 e. The minimum absolute atomic E-state index is 0.0789. The normalized spacial score (nSPS) is 20.8. The van der Waals surface area contributed by atoms with E-state index in [0.29, 0.717) is 12.8 Å². The number of aryl methyl sites for hydroxylation is 3. The molecular weight excluding hydrogens is 320 g/mol. The fraction of sp³-hybridized carbons (Fsp3) is 0.529. The van der Waals surface area contributed by atoms with Crippen LogP contribution in [0.4, 0.5) is 0 Å². The van der Waals surface area contributed by atoms with Crippen LogP contribution in [-0.2, 0) is 23.2 Å². The Morgan fingerprint density at radius 1 is 1.36 bits per heavy atom. The van der Waals surface area contributed by atoms with Gasteiger partial charge in [0.25, 0.3) is 0 Å². The van der Waals surface area contributed by atoms with E-state index in [1.54, 1.807) is 27.5 Å². The first-order valence-corrected chi connectivity index (χ1v) is 8.41. The van der Waals surface area contributed by atoms with Gasteiger partial charge in [-0.05, 0) is 32.4 Å². The Bertz CT molecular complexity index is 793. The number of carbonyl (C=O) groups is 2. The van der Waals surface area contributed by atoms with Gasteiger partial charge in [-0.1, -0.05) is 0 Å². The molecule has 8 nitrogen and oxygen atoms in total. The summed E-state index contributed by atoms with van der Waals surface area (Å²) in [6.07, 6.45) is 2.74. The molecule has 1 aliphatic rings. The highest BCUT2D eigenvalue weighted by Gasteiger charge is 2.37. The molecule has 1 aliphatic heterocycles. The van der Waals surface area contributed by atoms with Crippen molar-refractivity contribution in [3.63, 3.8) is 0 Å². The summed E-state index contributed by atoms with van der Waals surface area (Å²) in [6.45, 7) is 4.01. The molecule has 2 aromatic heterocycles. The lowest BCUT2D eigenvalue weighted by Gasteiger charge is -2.39. The second kappa shape index (κ2) is 6.70. The van der Waals surface area contributed by atoms with Crippen LogP contribution in [0.2, 0.25) is 0 Å². The number of amides is 2. The second-order valence-corrected chi connectivity index (χ2v) is 6.63. The molecule has 0 spiro atoms. The highest BCUT2D eigenvalue weighted by molar-refractivity contribution is 5.79. The number of likely N-dealkylation sites (N-methyl/N-ethyl adjacent to an activating group) is 1. The highest BCUT2D eigenvalue weighted by Crippen LogP contribution is 2.30. The van der Waals surface area contributed by atoms with Gasteiger partial charge in [0.15, 0.2) is 0 Å². The summed E-state index contributed by atoms with van der Waals surface area (Å²) >= 11 is 0. The van der Waals surface area contributed by atoms with Crippen LogP contribution in [0.3, 0.4) is 0 Å².